The zero-order chi connectivity index (χ0) is 19.0. The molecule has 142 valence electrons. The Morgan fingerprint density at radius 1 is 1.30 bits per heavy atom. The zero-order valence-electron chi connectivity index (χ0n) is 15.3. The number of rotatable bonds is 4. The number of thiazole rings is 1. The molecule has 0 N–H and O–H groups in total. The van der Waals surface area contributed by atoms with E-state index in [1.807, 2.05) is 18.7 Å². The van der Waals surface area contributed by atoms with Crippen LogP contribution in [0.25, 0.3) is 10.8 Å². The highest BCUT2D eigenvalue weighted by molar-refractivity contribution is 7.17. The van der Waals surface area contributed by atoms with Gasteiger partial charge in [-0.1, -0.05) is 13.8 Å². The molecule has 2 aliphatic heterocycles. The van der Waals surface area contributed by atoms with E-state index in [4.69, 9.17) is 4.74 Å². The molecule has 0 radical (unpaired) electrons. The molecule has 2 saturated heterocycles. The van der Waals surface area contributed by atoms with Crippen molar-refractivity contribution in [1.29, 1.82) is 0 Å². The Labute approximate surface area is 161 Å². The molecule has 1 atom stereocenters. The number of amides is 2. The van der Waals surface area contributed by atoms with Gasteiger partial charge in [-0.15, -0.1) is 11.3 Å². The van der Waals surface area contributed by atoms with Gasteiger partial charge in [0.25, 0.3) is 5.91 Å². The van der Waals surface area contributed by atoms with Gasteiger partial charge in [-0.25, -0.2) is 19.7 Å². The summed E-state index contributed by atoms with van der Waals surface area (Å²) in [6.07, 6.45) is 4.45. The topological polar surface area (TPSA) is 88.5 Å². The second kappa shape index (κ2) is 6.88. The van der Waals surface area contributed by atoms with Crippen LogP contribution in [0.5, 0.6) is 0 Å². The fourth-order valence-corrected chi connectivity index (χ4v) is 4.72. The third-order valence-corrected chi connectivity index (χ3v) is 6.35. The second-order valence-electron chi connectivity index (χ2n) is 6.73. The van der Waals surface area contributed by atoms with Gasteiger partial charge in [-0.2, -0.15) is 0 Å². The van der Waals surface area contributed by atoms with Crippen LogP contribution in [-0.4, -0.2) is 68.5 Å². The van der Waals surface area contributed by atoms with Crippen LogP contribution < -0.4 is 0 Å². The van der Waals surface area contributed by atoms with E-state index in [0.717, 1.165) is 12.1 Å². The molecule has 8 nitrogen and oxygen atoms in total. The Balaban J connectivity index is 1.62. The normalized spacial score (nSPS) is 21.9. The third-order valence-electron chi connectivity index (χ3n) is 5.26. The van der Waals surface area contributed by atoms with Crippen LogP contribution in [0, 0.1) is 0 Å². The predicted octanol–water partition coefficient (Wildman–Crippen LogP) is 2.22. The number of hydrogen-bond donors (Lipinski definition) is 0. The quantitative estimate of drug-likeness (QED) is 0.799. The summed E-state index contributed by atoms with van der Waals surface area (Å²) in [7, 11) is 0. The fourth-order valence-electron chi connectivity index (χ4n) is 3.65. The minimum absolute atomic E-state index is 0.0432. The second-order valence-corrected chi connectivity index (χ2v) is 7.73. The first-order valence-corrected chi connectivity index (χ1v) is 9.90. The molecule has 2 aromatic heterocycles. The maximum Gasteiger partial charge on any atom is 0.410 e. The van der Waals surface area contributed by atoms with Crippen molar-refractivity contribution in [3.63, 3.8) is 0 Å². The summed E-state index contributed by atoms with van der Waals surface area (Å²) in [6, 6.07) is 1.75. The van der Waals surface area contributed by atoms with Gasteiger partial charge in [0.05, 0.1) is 11.2 Å². The molecule has 27 heavy (non-hydrogen) atoms. The summed E-state index contributed by atoms with van der Waals surface area (Å²) < 4.78 is 5.26. The van der Waals surface area contributed by atoms with E-state index < -0.39 is 5.54 Å². The first-order chi connectivity index (χ1) is 13.1. The van der Waals surface area contributed by atoms with Gasteiger partial charge in [-0.3, -0.25) is 9.69 Å². The standard InChI is InChI=1S/C18H21N5O3S/c1-3-12-13(27-15(21-12)14-19-6-5-7-20-14)16(24)22-8-9-23-17(25)26-11-18(23,4-2)10-22/h5-7H,3-4,8-11H2,1-2H3. The zero-order valence-corrected chi connectivity index (χ0v) is 16.2. The number of nitrogens with zero attached hydrogens (tertiary/aromatic N) is 5. The highest BCUT2D eigenvalue weighted by Gasteiger charge is 2.50. The number of piperazine rings is 1. The molecule has 2 amide bonds. The molecule has 4 heterocycles. The number of hydrogen-bond acceptors (Lipinski definition) is 7. The molecule has 2 aromatic rings. The summed E-state index contributed by atoms with van der Waals surface area (Å²) in [5.74, 6) is 0.485. The Bertz CT molecular complexity index is 871. The van der Waals surface area contributed by atoms with E-state index in [1.165, 1.54) is 11.3 Å². The number of cyclic esters (lactones) is 1. The van der Waals surface area contributed by atoms with Crippen LogP contribution in [0.15, 0.2) is 18.5 Å². The van der Waals surface area contributed by atoms with E-state index in [-0.39, 0.29) is 12.0 Å². The Morgan fingerprint density at radius 3 is 2.78 bits per heavy atom. The summed E-state index contributed by atoms with van der Waals surface area (Å²) in [5, 5.41) is 0.652. The third kappa shape index (κ3) is 2.95. The molecular weight excluding hydrogens is 366 g/mol. The number of aryl methyl sites for hydroxylation is 1. The van der Waals surface area contributed by atoms with Crippen molar-refractivity contribution < 1.29 is 14.3 Å². The number of aromatic nitrogens is 3. The summed E-state index contributed by atoms with van der Waals surface area (Å²) in [5.41, 5.74) is 0.340. The molecule has 0 bridgehead atoms. The molecule has 9 heteroatoms. The molecule has 0 spiro atoms. The van der Waals surface area contributed by atoms with Crippen LogP contribution in [0.1, 0.15) is 35.6 Å². The van der Waals surface area contributed by atoms with E-state index in [1.54, 1.807) is 23.4 Å². The lowest BCUT2D eigenvalue weighted by Crippen LogP contribution is -2.62. The van der Waals surface area contributed by atoms with Gasteiger partial charge in [0.1, 0.15) is 11.5 Å². The lowest BCUT2D eigenvalue weighted by molar-refractivity contribution is 0.0364. The number of carbonyl (C=O) groups excluding carboxylic acids is 2. The minimum Gasteiger partial charge on any atom is -0.447 e. The molecule has 0 aliphatic carbocycles. The van der Waals surface area contributed by atoms with Crippen molar-refractivity contribution in [3.8, 4) is 10.8 Å². The average Bonchev–Trinajstić information content (AvgIpc) is 3.30. The number of carbonyl (C=O) groups is 2. The number of ether oxygens (including phenoxy) is 1. The van der Waals surface area contributed by atoms with Gasteiger partial charge >= 0.3 is 6.09 Å². The smallest absolute Gasteiger partial charge is 0.410 e. The Kier molecular flexibility index (Phi) is 4.55. The molecule has 0 aromatic carbocycles. The maximum absolute atomic E-state index is 13.3. The summed E-state index contributed by atoms with van der Waals surface area (Å²) in [6.45, 7) is 5.81. The minimum atomic E-state index is -0.423. The van der Waals surface area contributed by atoms with Gasteiger partial charge in [0, 0.05) is 32.0 Å². The largest absolute Gasteiger partial charge is 0.447 e. The highest BCUT2D eigenvalue weighted by Crippen LogP contribution is 2.34. The summed E-state index contributed by atoms with van der Waals surface area (Å²) in [4.78, 5) is 42.5. The maximum atomic E-state index is 13.3. The van der Waals surface area contributed by atoms with Crippen LogP contribution in [0.2, 0.25) is 0 Å². The number of fused-ring (bicyclic) bond motifs is 1. The fraction of sp³-hybridized carbons (Fsp3) is 0.500. The molecule has 1 unspecified atom stereocenters. The van der Waals surface area contributed by atoms with E-state index in [9.17, 15) is 9.59 Å². The SMILES string of the molecule is CCc1nc(-c2ncccn2)sc1C(=O)N1CCN2C(=O)OCC2(CC)C1. The first kappa shape index (κ1) is 17.8. The predicted molar refractivity (Wildman–Crippen MR) is 99.5 cm³/mol. The van der Waals surface area contributed by atoms with Gasteiger partial charge < -0.3 is 9.64 Å². The Hall–Kier alpha value is -2.55. The van der Waals surface area contributed by atoms with Crippen molar-refractivity contribution in [2.24, 2.45) is 0 Å². The molecule has 2 aliphatic rings. The first-order valence-electron chi connectivity index (χ1n) is 9.08. The van der Waals surface area contributed by atoms with E-state index in [2.05, 4.69) is 15.0 Å². The molecule has 0 saturated carbocycles. The van der Waals surface area contributed by atoms with Crippen LogP contribution in [0.3, 0.4) is 0 Å². The van der Waals surface area contributed by atoms with Crippen molar-refractivity contribution >= 4 is 23.3 Å². The average molecular weight is 387 g/mol. The van der Waals surface area contributed by atoms with Crippen molar-refractivity contribution in [2.45, 2.75) is 32.2 Å². The van der Waals surface area contributed by atoms with Crippen LogP contribution in [-0.2, 0) is 11.2 Å². The van der Waals surface area contributed by atoms with E-state index in [0.29, 0.717) is 48.4 Å². The molecule has 4 rings (SSSR count). The van der Waals surface area contributed by atoms with Gasteiger partial charge in [0.15, 0.2) is 10.8 Å². The van der Waals surface area contributed by atoms with Crippen LogP contribution >= 0.6 is 11.3 Å². The van der Waals surface area contributed by atoms with Crippen molar-refractivity contribution in [2.75, 3.05) is 26.2 Å². The summed E-state index contributed by atoms with van der Waals surface area (Å²) >= 11 is 1.33. The van der Waals surface area contributed by atoms with Crippen LogP contribution in [0.4, 0.5) is 4.79 Å². The molecular formula is C18H21N5O3S. The highest BCUT2D eigenvalue weighted by atomic mass is 32.1. The van der Waals surface area contributed by atoms with Crippen molar-refractivity contribution in [1.82, 2.24) is 24.8 Å². The monoisotopic (exact) mass is 387 g/mol. The lowest BCUT2D eigenvalue weighted by atomic mass is 9.93. The van der Waals surface area contributed by atoms with Gasteiger partial charge in [-0.05, 0) is 18.9 Å². The molecule has 2 fully saturated rings. The Morgan fingerprint density at radius 2 is 2.07 bits per heavy atom. The lowest BCUT2D eigenvalue weighted by Gasteiger charge is -2.44. The van der Waals surface area contributed by atoms with Gasteiger partial charge in [0.2, 0.25) is 0 Å². The van der Waals surface area contributed by atoms with E-state index >= 15 is 0 Å². The van der Waals surface area contributed by atoms with Crippen molar-refractivity contribution in [3.05, 3.63) is 29.0 Å².